The molecule has 7 heteroatoms. The molecule has 3 aromatic rings. The Bertz CT molecular complexity index is 885. The maximum Gasteiger partial charge on any atom is 0.210 e. The number of H-pyrrole nitrogens is 1. The minimum Gasteiger partial charge on any atom is -0.492 e. The highest BCUT2D eigenvalue weighted by Crippen LogP contribution is 2.40. The molecule has 2 aromatic heterocycles. The molecule has 0 radical (unpaired) electrons. The normalized spacial score (nSPS) is 13.3. The maximum absolute atomic E-state index is 9.32. The molecule has 0 atom stereocenters. The first-order valence-electron chi connectivity index (χ1n) is 7.95. The van der Waals surface area contributed by atoms with E-state index in [0.29, 0.717) is 18.3 Å². The summed E-state index contributed by atoms with van der Waals surface area (Å²) in [5.41, 5.74) is 2.73. The number of ether oxygens (including phenoxy) is 1. The number of fused-ring (bicyclic) bond motifs is 3. The highest BCUT2D eigenvalue weighted by atomic mass is 32.1. The number of rotatable bonds is 3. The first-order valence-corrected chi connectivity index (χ1v) is 8.76. The van der Waals surface area contributed by atoms with Gasteiger partial charge in [0.2, 0.25) is 5.82 Å². The number of hydrogen-bond donors (Lipinski definition) is 2. The van der Waals surface area contributed by atoms with Crippen LogP contribution in [0.15, 0.2) is 18.2 Å². The topological polar surface area (TPSA) is 83.9 Å². The average Bonchev–Trinajstić information content (AvgIpc) is 3.19. The number of thiazole rings is 1. The molecule has 0 bridgehead atoms. The van der Waals surface area contributed by atoms with Crippen LogP contribution >= 0.6 is 11.3 Å². The van der Waals surface area contributed by atoms with E-state index in [9.17, 15) is 5.11 Å². The summed E-state index contributed by atoms with van der Waals surface area (Å²) in [6, 6.07) is 5.75. The van der Waals surface area contributed by atoms with E-state index < -0.39 is 0 Å². The Morgan fingerprint density at radius 2 is 2.21 bits per heavy atom. The highest BCUT2D eigenvalue weighted by molar-refractivity contribution is 7.15. The van der Waals surface area contributed by atoms with Gasteiger partial charge < -0.3 is 9.84 Å². The Balaban J connectivity index is 1.78. The molecule has 1 aliphatic rings. The molecule has 4 rings (SSSR count). The van der Waals surface area contributed by atoms with Crippen molar-refractivity contribution in [3.05, 3.63) is 34.5 Å². The van der Waals surface area contributed by atoms with Crippen molar-refractivity contribution in [2.24, 2.45) is 0 Å². The molecule has 3 heterocycles. The summed E-state index contributed by atoms with van der Waals surface area (Å²) in [4.78, 5) is 10.5. The molecule has 0 aliphatic carbocycles. The molecule has 0 spiro atoms. The van der Waals surface area contributed by atoms with Gasteiger partial charge in [-0.25, -0.2) is 9.97 Å². The lowest BCUT2D eigenvalue weighted by atomic mass is 10.1. The molecule has 0 amide bonds. The Hall–Kier alpha value is -2.25. The van der Waals surface area contributed by atoms with E-state index in [-0.39, 0.29) is 6.61 Å². The predicted octanol–water partition coefficient (Wildman–Crippen LogP) is 3.15. The molecular formula is C17H18N4O2S. The molecule has 1 aromatic carbocycles. The zero-order valence-electron chi connectivity index (χ0n) is 13.5. The molecule has 6 nitrogen and oxygen atoms in total. The number of aliphatic hydroxyl groups excluding tert-OH is 1. The Morgan fingerprint density at radius 3 is 2.96 bits per heavy atom. The fraction of sp³-hybridized carbons (Fsp3) is 0.353. The highest BCUT2D eigenvalue weighted by Gasteiger charge is 2.22. The van der Waals surface area contributed by atoms with Crippen molar-refractivity contribution in [1.82, 2.24) is 20.2 Å². The van der Waals surface area contributed by atoms with Crippen LogP contribution in [0.25, 0.3) is 22.1 Å². The van der Waals surface area contributed by atoms with Gasteiger partial charge in [0, 0.05) is 22.8 Å². The van der Waals surface area contributed by atoms with E-state index in [4.69, 9.17) is 9.72 Å². The molecule has 0 unspecified atom stereocenters. The summed E-state index contributed by atoms with van der Waals surface area (Å²) in [5, 5.41) is 17.4. The van der Waals surface area contributed by atoms with Crippen LogP contribution in [0.3, 0.4) is 0 Å². The molecule has 2 N–H and O–H groups in total. The van der Waals surface area contributed by atoms with Crippen LogP contribution in [0.4, 0.5) is 0 Å². The summed E-state index contributed by atoms with van der Waals surface area (Å²) in [6.45, 7) is 4.75. The smallest absolute Gasteiger partial charge is 0.210 e. The minimum atomic E-state index is 0.000974. The standard InChI is InChI=1S/C17H18N4O2S/c1-9(2)15-19-16(21-20-15)17-18-14-11-4-3-10(8-22)7-12(11)23-6-5-13(14)24-17/h3-4,7,9,22H,5-6,8H2,1-2H3,(H,19,20,21). The Kier molecular flexibility index (Phi) is 3.82. The van der Waals surface area contributed by atoms with Gasteiger partial charge in [-0.15, -0.1) is 11.3 Å². The zero-order chi connectivity index (χ0) is 16.7. The SMILES string of the molecule is CC(C)c1nc(-c2nc3c(s2)CCOc2cc(CO)ccc2-3)n[nH]1. The van der Waals surface area contributed by atoms with Gasteiger partial charge in [-0.05, 0) is 17.7 Å². The molecule has 0 saturated heterocycles. The average molecular weight is 342 g/mol. The lowest BCUT2D eigenvalue weighted by Gasteiger charge is -2.08. The van der Waals surface area contributed by atoms with Crippen LogP contribution in [0.2, 0.25) is 0 Å². The fourth-order valence-corrected chi connectivity index (χ4v) is 3.68. The maximum atomic E-state index is 9.32. The van der Waals surface area contributed by atoms with Gasteiger partial charge in [0.15, 0.2) is 5.01 Å². The van der Waals surface area contributed by atoms with E-state index in [1.807, 2.05) is 18.2 Å². The summed E-state index contributed by atoms with van der Waals surface area (Å²) in [7, 11) is 0. The van der Waals surface area contributed by atoms with Crippen LogP contribution < -0.4 is 4.74 Å². The monoisotopic (exact) mass is 342 g/mol. The zero-order valence-corrected chi connectivity index (χ0v) is 14.4. The van der Waals surface area contributed by atoms with Gasteiger partial charge in [-0.1, -0.05) is 19.9 Å². The van der Waals surface area contributed by atoms with Crippen molar-refractivity contribution in [1.29, 1.82) is 0 Å². The second-order valence-electron chi connectivity index (χ2n) is 6.08. The number of aromatic amines is 1. The predicted molar refractivity (Wildman–Crippen MR) is 92.1 cm³/mol. The number of aliphatic hydroxyl groups is 1. The van der Waals surface area contributed by atoms with Gasteiger partial charge in [0.05, 0.1) is 18.9 Å². The third-order valence-electron chi connectivity index (χ3n) is 4.01. The van der Waals surface area contributed by atoms with Crippen LogP contribution in [0, 0.1) is 0 Å². The van der Waals surface area contributed by atoms with E-state index in [1.54, 1.807) is 11.3 Å². The van der Waals surface area contributed by atoms with Gasteiger partial charge in [-0.3, -0.25) is 5.10 Å². The lowest BCUT2D eigenvalue weighted by molar-refractivity contribution is 0.279. The molecule has 124 valence electrons. The van der Waals surface area contributed by atoms with Crippen molar-refractivity contribution in [2.75, 3.05) is 6.61 Å². The van der Waals surface area contributed by atoms with Gasteiger partial charge >= 0.3 is 0 Å². The van der Waals surface area contributed by atoms with E-state index in [2.05, 4.69) is 29.0 Å². The Labute approximate surface area is 143 Å². The summed E-state index contributed by atoms with van der Waals surface area (Å²) in [5.74, 6) is 2.59. The van der Waals surface area contributed by atoms with Gasteiger partial charge in [-0.2, -0.15) is 5.10 Å². The van der Waals surface area contributed by atoms with E-state index in [1.165, 1.54) is 4.88 Å². The third-order valence-corrected chi connectivity index (χ3v) is 5.12. The van der Waals surface area contributed by atoms with Crippen molar-refractivity contribution < 1.29 is 9.84 Å². The van der Waals surface area contributed by atoms with Gasteiger partial charge in [0.25, 0.3) is 0 Å². The second kappa shape index (κ2) is 5.99. The van der Waals surface area contributed by atoms with Crippen LogP contribution in [0.5, 0.6) is 5.75 Å². The summed E-state index contributed by atoms with van der Waals surface area (Å²) < 4.78 is 5.83. The van der Waals surface area contributed by atoms with Crippen molar-refractivity contribution in [3.8, 4) is 27.8 Å². The van der Waals surface area contributed by atoms with E-state index >= 15 is 0 Å². The minimum absolute atomic E-state index is 0.000974. The number of nitrogens with zero attached hydrogens (tertiary/aromatic N) is 3. The molecule has 0 saturated carbocycles. The van der Waals surface area contributed by atoms with Crippen molar-refractivity contribution in [2.45, 2.75) is 32.8 Å². The summed E-state index contributed by atoms with van der Waals surface area (Å²) in [6.07, 6.45) is 0.803. The fourth-order valence-electron chi connectivity index (χ4n) is 2.69. The molecule has 1 aliphatic heterocycles. The number of benzene rings is 1. The van der Waals surface area contributed by atoms with Crippen molar-refractivity contribution in [3.63, 3.8) is 0 Å². The Morgan fingerprint density at radius 1 is 1.33 bits per heavy atom. The first-order chi connectivity index (χ1) is 11.7. The largest absolute Gasteiger partial charge is 0.492 e. The number of aromatic nitrogens is 4. The molecular weight excluding hydrogens is 324 g/mol. The lowest BCUT2D eigenvalue weighted by Crippen LogP contribution is -1.98. The number of nitrogens with one attached hydrogen (secondary N) is 1. The van der Waals surface area contributed by atoms with Crippen LogP contribution in [-0.2, 0) is 13.0 Å². The first kappa shape index (κ1) is 15.3. The van der Waals surface area contributed by atoms with Crippen LogP contribution in [-0.4, -0.2) is 31.9 Å². The summed E-state index contributed by atoms with van der Waals surface area (Å²) >= 11 is 1.61. The van der Waals surface area contributed by atoms with Crippen LogP contribution in [0.1, 0.15) is 36.0 Å². The number of hydrogen-bond acceptors (Lipinski definition) is 6. The van der Waals surface area contributed by atoms with Crippen molar-refractivity contribution >= 4 is 11.3 Å². The molecule has 24 heavy (non-hydrogen) atoms. The quantitative estimate of drug-likeness (QED) is 0.764. The van der Waals surface area contributed by atoms with E-state index in [0.717, 1.165) is 39.8 Å². The van der Waals surface area contributed by atoms with Gasteiger partial charge in [0.1, 0.15) is 11.6 Å². The second-order valence-corrected chi connectivity index (χ2v) is 7.16. The third kappa shape index (κ3) is 2.59. The molecule has 0 fully saturated rings.